The summed E-state index contributed by atoms with van der Waals surface area (Å²) in [6.45, 7) is 14.7. The Bertz CT molecular complexity index is 1040. The van der Waals surface area contributed by atoms with Gasteiger partial charge in [-0.15, -0.1) is 6.42 Å². The van der Waals surface area contributed by atoms with Gasteiger partial charge in [-0.25, -0.2) is 4.98 Å². The number of allylic oxidation sites excluding steroid dienone is 3. The molecule has 1 heterocycles. The highest BCUT2D eigenvalue weighted by atomic mass is 35.5. The Labute approximate surface area is 215 Å². The molecule has 2 rings (SSSR count). The molecule has 1 aliphatic carbocycles. The molecule has 188 valence electrons. The van der Waals surface area contributed by atoms with Crippen LogP contribution in [0.1, 0.15) is 60.5 Å². The molecule has 1 aromatic heterocycles. The number of amidine groups is 1. The molecule has 0 saturated heterocycles. The van der Waals surface area contributed by atoms with Crippen molar-refractivity contribution in [2.24, 2.45) is 22.2 Å². The average Bonchev–Trinajstić information content (AvgIpc) is 3.32. The highest BCUT2D eigenvalue weighted by molar-refractivity contribution is 6.29. The Morgan fingerprint density at radius 3 is 2.51 bits per heavy atom. The van der Waals surface area contributed by atoms with Crippen molar-refractivity contribution < 1.29 is 9.53 Å². The van der Waals surface area contributed by atoms with Crippen molar-refractivity contribution in [1.29, 1.82) is 5.26 Å². The summed E-state index contributed by atoms with van der Waals surface area (Å²) in [7, 11) is 1.87. The highest BCUT2D eigenvalue weighted by Gasteiger charge is 2.61. The van der Waals surface area contributed by atoms with Crippen molar-refractivity contribution in [1.82, 2.24) is 9.88 Å². The maximum absolute atomic E-state index is 12.3. The molecule has 1 fully saturated rings. The standard InChI is InChI=1S/C18H26O2.C10H11ClN4/c1-8-10-13(5)15(9-2)20-17(19)16-14(11-12(3)4)18(16,6)7;1-8(14-7-12)15(2)6-9-3-4-10(11)13-5-9/h2,10-11,14-16H,8H2,1,3-7H3;3-5H,6H2,1-2H3/b13-10+;14-8+/t14?,15?,16-;/m0./s1. The second-order valence-corrected chi connectivity index (χ2v) is 9.90. The lowest BCUT2D eigenvalue weighted by atomic mass is 10.1. The fourth-order valence-electron chi connectivity index (χ4n) is 3.72. The van der Waals surface area contributed by atoms with Crippen LogP contribution in [0.25, 0.3) is 0 Å². The number of carbonyl (C=O) groups excluding carboxylic acids is 1. The quantitative estimate of drug-likeness (QED) is 0.0854. The van der Waals surface area contributed by atoms with Crippen LogP contribution in [0.3, 0.4) is 0 Å². The van der Waals surface area contributed by atoms with Crippen molar-refractivity contribution in [3.8, 4) is 18.5 Å². The number of carbonyl (C=O) groups is 1. The lowest BCUT2D eigenvalue weighted by molar-refractivity contribution is -0.147. The van der Waals surface area contributed by atoms with E-state index in [9.17, 15) is 4.79 Å². The van der Waals surface area contributed by atoms with E-state index in [2.05, 4.69) is 49.7 Å². The van der Waals surface area contributed by atoms with Crippen LogP contribution in [0.15, 0.2) is 46.6 Å². The van der Waals surface area contributed by atoms with E-state index in [0.29, 0.717) is 17.5 Å². The van der Waals surface area contributed by atoms with E-state index >= 15 is 0 Å². The van der Waals surface area contributed by atoms with E-state index in [4.69, 9.17) is 28.0 Å². The molecule has 6 nitrogen and oxygen atoms in total. The molecule has 0 radical (unpaired) electrons. The minimum Gasteiger partial charge on any atom is -0.444 e. The lowest BCUT2D eigenvalue weighted by Gasteiger charge is -2.17. The number of ether oxygens (including phenoxy) is 1. The van der Waals surface area contributed by atoms with Gasteiger partial charge in [0.1, 0.15) is 11.0 Å². The van der Waals surface area contributed by atoms with Crippen molar-refractivity contribution in [3.05, 3.63) is 52.3 Å². The largest absolute Gasteiger partial charge is 0.444 e. The highest BCUT2D eigenvalue weighted by Crippen LogP contribution is 2.60. The Kier molecular flexibility index (Phi) is 11.7. The third-order valence-corrected chi connectivity index (χ3v) is 6.20. The van der Waals surface area contributed by atoms with Crippen LogP contribution in [0, 0.1) is 41.0 Å². The minimum atomic E-state index is -0.536. The van der Waals surface area contributed by atoms with E-state index in [-0.39, 0.29) is 23.2 Å². The fourth-order valence-corrected chi connectivity index (χ4v) is 3.83. The Morgan fingerprint density at radius 2 is 2.03 bits per heavy atom. The Balaban J connectivity index is 0.000000365. The molecule has 0 bridgehead atoms. The van der Waals surface area contributed by atoms with Crippen LogP contribution in [0.4, 0.5) is 0 Å². The lowest BCUT2D eigenvalue weighted by Crippen LogP contribution is -2.23. The number of hydrogen-bond donors (Lipinski definition) is 0. The molecule has 0 amide bonds. The normalized spacial score (nSPS) is 19.2. The summed E-state index contributed by atoms with van der Waals surface area (Å²) in [6.07, 6.45) is 13.4. The van der Waals surface area contributed by atoms with Gasteiger partial charge < -0.3 is 9.64 Å². The summed E-state index contributed by atoms with van der Waals surface area (Å²) in [4.78, 5) is 21.8. The van der Waals surface area contributed by atoms with Crippen LogP contribution in [0.5, 0.6) is 0 Å². The number of aliphatic imine (C=N–C) groups is 1. The van der Waals surface area contributed by atoms with Crippen molar-refractivity contribution in [2.45, 2.75) is 67.5 Å². The van der Waals surface area contributed by atoms with Crippen molar-refractivity contribution >= 4 is 23.4 Å². The van der Waals surface area contributed by atoms with Gasteiger partial charge in [-0.2, -0.15) is 10.3 Å². The predicted molar refractivity (Wildman–Crippen MR) is 142 cm³/mol. The molecular formula is C28H37ClN4O2. The molecule has 0 aromatic carbocycles. The molecule has 1 aromatic rings. The monoisotopic (exact) mass is 496 g/mol. The molecule has 3 atom stereocenters. The molecular weight excluding hydrogens is 460 g/mol. The number of nitrogens with zero attached hydrogens (tertiary/aromatic N) is 4. The van der Waals surface area contributed by atoms with Gasteiger partial charge in [0.15, 0.2) is 6.10 Å². The van der Waals surface area contributed by atoms with Crippen LogP contribution in [0.2, 0.25) is 5.15 Å². The van der Waals surface area contributed by atoms with E-state index in [1.54, 1.807) is 25.4 Å². The van der Waals surface area contributed by atoms with Gasteiger partial charge in [-0.1, -0.05) is 62.1 Å². The first kappa shape index (κ1) is 29.9. The van der Waals surface area contributed by atoms with Crippen LogP contribution >= 0.6 is 11.6 Å². The first-order valence-corrected chi connectivity index (χ1v) is 12.0. The third kappa shape index (κ3) is 9.23. The summed E-state index contributed by atoms with van der Waals surface area (Å²) in [6, 6.07) is 3.63. The number of aromatic nitrogens is 1. The minimum absolute atomic E-state index is 0.0319. The number of hydrogen-bond acceptors (Lipinski definition) is 5. The Hall–Kier alpha value is -3.09. The number of halogens is 1. The molecule has 0 N–H and O–H groups in total. The second kappa shape index (κ2) is 13.7. The van der Waals surface area contributed by atoms with Crippen molar-refractivity contribution in [2.75, 3.05) is 7.05 Å². The van der Waals surface area contributed by atoms with E-state index in [0.717, 1.165) is 17.6 Å². The van der Waals surface area contributed by atoms with Gasteiger partial charge in [0.2, 0.25) is 6.19 Å². The summed E-state index contributed by atoms with van der Waals surface area (Å²) in [5, 5.41) is 8.87. The third-order valence-electron chi connectivity index (χ3n) is 5.98. The molecule has 7 heteroatoms. The first-order valence-electron chi connectivity index (χ1n) is 11.6. The summed E-state index contributed by atoms with van der Waals surface area (Å²) >= 11 is 5.67. The SMILES string of the molecule is C#CC(OC(=O)[C@@H]1C(C=C(C)C)C1(C)C)/C(C)=C/CC.C/C(=N\C#N)N(C)Cc1ccc(Cl)nc1. The number of nitriles is 1. The zero-order chi connectivity index (χ0) is 26.8. The summed E-state index contributed by atoms with van der Waals surface area (Å²) in [5.74, 6) is 3.23. The van der Waals surface area contributed by atoms with Gasteiger partial charge in [-0.05, 0) is 62.7 Å². The Morgan fingerprint density at radius 1 is 1.37 bits per heavy atom. The van der Waals surface area contributed by atoms with Crippen LogP contribution in [-0.2, 0) is 16.1 Å². The first-order chi connectivity index (χ1) is 16.4. The number of rotatable bonds is 7. The molecule has 0 aliphatic heterocycles. The summed E-state index contributed by atoms with van der Waals surface area (Å²) in [5.41, 5.74) is 3.15. The van der Waals surface area contributed by atoms with Crippen LogP contribution in [-0.4, -0.2) is 34.8 Å². The van der Waals surface area contributed by atoms with Gasteiger partial charge in [0, 0.05) is 19.8 Å². The molecule has 1 saturated carbocycles. The van der Waals surface area contributed by atoms with Gasteiger partial charge >= 0.3 is 5.97 Å². The average molecular weight is 497 g/mol. The summed E-state index contributed by atoms with van der Waals surface area (Å²) < 4.78 is 5.51. The van der Waals surface area contributed by atoms with E-state index in [1.807, 2.05) is 37.9 Å². The molecule has 0 spiro atoms. The van der Waals surface area contributed by atoms with Crippen LogP contribution < -0.4 is 0 Å². The molecule has 35 heavy (non-hydrogen) atoms. The smallest absolute Gasteiger partial charge is 0.311 e. The maximum Gasteiger partial charge on any atom is 0.311 e. The predicted octanol–water partition coefficient (Wildman–Crippen LogP) is 6.19. The molecule has 1 aliphatic rings. The number of pyridine rings is 1. The second-order valence-electron chi connectivity index (χ2n) is 9.51. The van der Waals surface area contributed by atoms with E-state index < -0.39 is 6.10 Å². The number of esters is 1. The van der Waals surface area contributed by atoms with Gasteiger partial charge in [0.25, 0.3) is 0 Å². The fraction of sp³-hybridized carbons (Fsp3) is 0.500. The van der Waals surface area contributed by atoms with Gasteiger partial charge in [0.05, 0.1) is 5.92 Å². The topological polar surface area (TPSA) is 78.6 Å². The number of terminal acetylenes is 1. The van der Waals surface area contributed by atoms with Gasteiger partial charge in [-0.3, -0.25) is 4.79 Å². The van der Waals surface area contributed by atoms with E-state index in [1.165, 1.54) is 5.57 Å². The van der Waals surface area contributed by atoms with Crippen molar-refractivity contribution in [3.63, 3.8) is 0 Å². The maximum atomic E-state index is 12.3. The zero-order valence-corrected chi connectivity index (χ0v) is 22.8. The molecule has 2 unspecified atom stereocenters. The zero-order valence-electron chi connectivity index (χ0n) is 22.1.